The Kier molecular flexibility index (Phi) is 4.62. The standard InChI is InChI=1S/C17H23FN6/c1-11-8-13(12-4-6-14(18)7-5-12)9-24(11)10-15-20-16(19)22-17(21-15)23(2)3/h4-7,11,13H,8-10H2,1-3H3,(H2,19,20,21,22)/t11-,13+/m0/s1. The van der Waals surface area contributed by atoms with E-state index in [1.165, 1.54) is 17.7 Å². The Morgan fingerprint density at radius 3 is 2.58 bits per heavy atom. The van der Waals surface area contributed by atoms with Gasteiger partial charge in [-0.05, 0) is 37.0 Å². The molecule has 0 saturated carbocycles. The van der Waals surface area contributed by atoms with Crippen LogP contribution >= 0.6 is 0 Å². The lowest BCUT2D eigenvalue weighted by Gasteiger charge is -2.20. The second-order valence-corrected chi connectivity index (χ2v) is 6.57. The van der Waals surface area contributed by atoms with Crippen LogP contribution in [0.2, 0.25) is 0 Å². The van der Waals surface area contributed by atoms with E-state index >= 15 is 0 Å². The summed E-state index contributed by atoms with van der Waals surface area (Å²) in [5, 5.41) is 0. The average molecular weight is 330 g/mol. The Balaban J connectivity index is 1.73. The largest absolute Gasteiger partial charge is 0.368 e. The number of halogens is 1. The zero-order valence-corrected chi connectivity index (χ0v) is 14.3. The first-order valence-corrected chi connectivity index (χ1v) is 8.09. The van der Waals surface area contributed by atoms with Gasteiger partial charge in [0, 0.05) is 26.7 Å². The minimum atomic E-state index is -0.196. The van der Waals surface area contributed by atoms with Crippen LogP contribution in [0.3, 0.4) is 0 Å². The van der Waals surface area contributed by atoms with Crippen LogP contribution in [-0.2, 0) is 6.54 Å². The molecular weight excluding hydrogens is 307 g/mol. The van der Waals surface area contributed by atoms with Crippen molar-refractivity contribution in [1.82, 2.24) is 19.9 Å². The molecule has 1 aromatic heterocycles. The molecule has 24 heavy (non-hydrogen) atoms. The molecule has 0 radical (unpaired) electrons. The highest BCUT2D eigenvalue weighted by molar-refractivity contribution is 5.32. The van der Waals surface area contributed by atoms with Gasteiger partial charge in [0.2, 0.25) is 11.9 Å². The van der Waals surface area contributed by atoms with Crippen LogP contribution in [0, 0.1) is 5.82 Å². The highest BCUT2D eigenvalue weighted by Gasteiger charge is 2.30. The molecule has 3 rings (SSSR count). The Bertz CT molecular complexity index is 703. The number of benzene rings is 1. The molecule has 6 nitrogen and oxygen atoms in total. The van der Waals surface area contributed by atoms with E-state index in [0.29, 0.717) is 30.3 Å². The fraction of sp³-hybridized carbons (Fsp3) is 0.471. The summed E-state index contributed by atoms with van der Waals surface area (Å²) in [5.74, 6) is 1.69. The molecule has 0 bridgehead atoms. The van der Waals surface area contributed by atoms with Crippen molar-refractivity contribution in [2.75, 3.05) is 31.3 Å². The number of rotatable bonds is 4. The predicted molar refractivity (Wildman–Crippen MR) is 92.2 cm³/mol. The number of hydrogen-bond acceptors (Lipinski definition) is 6. The first-order valence-electron chi connectivity index (χ1n) is 8.09. The van der Waals surface area contributed by atoms with E-state index in [4.69, 9.17) is 5.73 Å². The Hall–Kier alpha value is -2.28. The van der Waals surface area contributed by atoms with Crippen LogP contribution in [0.25, 0.3) is 0 Å². The molecule has 0 amide bonds. The number of nitrogens with zero attached hydrogens (tertiary/aromatic N) is 5. The molecular formula is C17H23FN6. The molecule has 128 valence electrons. The zero-order chi connectivity index (χ0) is 17.3. The van der Waals surface area contributed by atoms with Gasteiger partial charge in [0.1, 0.15) is 11.6 Å². The summed E-state index contributed by atoms with van der Waals surface area (Å²) >= 11 is 0. The van der Waals surface area contributed by atoms with Gasteiger partial charge in [0.05, 0.1) is 6.54 Å². The van der Waals surface area contributed by atoms with E-state index in [1.54, 1.807) is 0 Å². The Morgan fingerprint density at radius 1 is 1.21 bits per heavy atom. The molecule has 2 atom stereocenters. The van der Waals surface area contributed by atoms with Crippen molar-refractivity contribution in [3.63, 3.8) is 0 Å². The normalized spacial score (nSPS) is 21.2. The van der Waals surface area contributed by atoms with E-state index in [2.05, 4.69) is 26.8 Å². The fourth-order valence-corrected chi connectivity index (χ4v) is 3.17. The van der Waals surface area contributed by atoms with Gasteiger partial charge < -0.3 is 10.6 Å². The molecule has 0 aliphatic carbocycles. The monoisotopic (exact) mass is 330 g/mol. The summed E-state index contributed by atoms with van der Waals surface area (Å²) in [4.78, 5) is 17.0. The van der Waals surface area contributed by atoms with Crippen molar-refractivity contribution >= 4 is 11.9 Å². The van der Waals surface area contributed by atoms with Gasteiger partial charge in [-0.15, -0.1) is 0 Å². The van der Waals surface area contributed by atoms with Crippen molar-refractivity contribution in [3.8, 4) is 0 Å². The first-order chi connectivity index (χ1) is 11.4. The van der Waals surface area contributed by atoms with Gasteiger partial charge in [-0.3, -0.25) is 4.90 Å². The van der Waals surface area contributed by atoms with Crippen molar-refractivity contribution in [2.45, 2.75) is 31.8 Å². The third-order valence-electron chi connectivity index (χ3n) is 4.48. The molecule has 0 spiro atoms. The quantitative estimate of drug-likeness (QED) is 0.925. The average Bonchev–Trinajstić information content (AvgIpc) is 2.88. The zero-order valence-electron chi connectivity index (χ0n) is 14.3. The molecule has 1 aliphatic rings. The molecule has 7 heteroatoms. The molecule has 1 aliphatic heterocycles. The molecule has 1 fully saturated rings. The molecule has 2 aromatic rings. The lowest BCUT2D eigenvalue weighted by molar-refractivity contribution is 0.252. The van der Waals surface area contributed by atoms with Crippen LogP contribution in [0.15, 0.2) is 24.3 Å². The van der Waals surface area contributed by atoms with E-state index in [9.17, 15) is 4.39 Å². The SMILES string of the molecule is C[C@H]1C[C@@H](c2ccc(F)cc2)CN1Cc1nc(N)nc(N(C)C)n1. The van der Waals surface area contributed by atoms with E-state index in [-0.39, 0.29) is 11.8 Å². The van der Waals surface area contributed by atoms with Crippen LogP contribution in [0.1, 0.15) is 30.7 Å². The summed E-state index contributed by atoms with van der Waals surface area (Å²) in [6.45, 7) is 3.73. The lowest BCUT2D eigenvalue weighted by Crippen LogP contribution is -2.28. The highest BCUT2D eigenvalue weighted by Crippen LogP contribution is 2.32. The topological polar surface area (TPSA) is 71.2 Å². The maximum atomic E-state index is 13.1. The smallest absolute Gasteiger partial charge is 0.229 e. The molecule has 2 heterocycles. The second kappa shape index (κ2) is 6.68. The fourth-order valence-electron chi connectivity index (χ4n) is 3.17. The molecule has 1 aromatic carbocycles. The maximum absolute atomic E-state index is 13.1. The minimum absolute atomic E-state index is 0.196. The van der Waals surface area contributed by atoms with Gasteiger partial charge in [-0.2, -0.15) is 15.0 Å². The number of nitrogens with two attached hydrogens (primary N) is 1. The van der Waals surface area contributed by atoms with Gasteiger partial charge in [-0.1, -0.05) is 12.1 Å². The molecule has 2 N–H and O–H groups in total. The van der Waals surface area contributed by atoms with E-state index < -0.39 is 0 Å². The number of aromatic nitrogens is 3. The number of nitrogen functional groups attached to an aromatic ring is 1. The van der Waals surface area contributed by atoms with Gasteiger partial charge in [0.25, 0.3) is 0 Å². The molecule has 0 unspecified atom stereocenters. The van der Waals surface area contributed by atoms with Crippen molar-refractivity contribution in [1.29, 1.82) is 0 Å². The van der Waals surface area contributed by atoms with Crippen molar-refractivity contribution < 1.29 is 4.39 Å². The van der Waals surface area contributed by atoms with E-state index in [0.717, 1.165) is 13.0 Å². The molecule has 1 saturated heterocycles. The van der Waals surface area contributed by atoms with Crippen molar-refractivity contribution in [2.24, 2.45) is 0 Å². The first kappa shape index (κ1) is 16.6. The van der Waals surface area contributed by atoms with Gasteiger partial charge >= 0.3 is 0 Å². The number of hydrogen-bond donors (Lipinski definition) is 1. The third kappa shape index (κ3) is 3.62. The van der Waals surface area contributed by atoms with Crippen LogP contribution in [0.5, 0.6) is 0 Å². The third-order valence-corrected chi connectivity index (χ3v) is 4.48. The predicted octanol–water partition coefficient (Wildman–Crippen LogP) is 2.04. The Morgan fingerprint density at radius 2 is 1.92 bits per heavy atom. The maximum Gasteiger partial charge on any atom is 0.229 e. The second-order valence-electron chi connectivity index (χ2n) is 6.57. The van der Waals surface area contributed by atoms with Crippen LogP contribution in [-0.4, -0.2) is 46.5 Å². The summed E-state index contributed by atoms with van der Waals surface area (Å²) in [5.41, 5.74) is 6.97. The summed E-state index contributed by atoms with van der Waals surface area (Å²) in [6.07, 6.45) is 1.03. The number of likely N-dealkylation sites (tertiary alicyclic amines) is 1. The number of anilines is 2. The minimum Gasteiger partial charge on any atom is -0.368 e. The van der Waals surface area contributed by atoms with Gasteiger partial charge in [-0.25, -0.2) is 4.39 Å². The van der Waals surface area contributed by atoms with Gasteiger partial charge in [0.15, 0.2) is 0 Å². The van der Waals surface area contributed by atoms with Crippen molar-refractivity contribution in [3.05, 3.63) is 41.5 Å². The summed E-state index contributed by atoms with van der Waals surface area (Å²) in [7, 11) is 3.75. The Labute approximate surface area is 141 Å². The highest BCUT2D eigenvalue weighted by atomic mass is 19.1. The lowest BCUT2D eigenvalue weighted by atomic mass is 9.97. The van der Waals surface area contributed by atoms with Crippen LogP contribution in [0.4, 0.5) is 16.3 Å². The summed E-state index contributed by atoms with van der Waals surface area (Å²) in [6, 6.07) is 7.21. The summed E-state index contributed by atoms with van der Waals surface area (Å²) < 4.78 is 13.1. The van der Waals surface area contributed by atoms with Crippen LogP contribution < -0.4 is 10.6 Å². The van der Waals surface area contributed by atoms with E-state index in [1.807, 2.05) is 31.1 Å².